The van der Waals surface area contributed by atoms with E-state index in [0.29, 0.717) is 25.3 Å². The van der Waals surface area contributed by atoms with Gasteiger partial charge in [-0.2, -0.15) is 0 Å². The standard InChI is InChI=1S/C24H25N3O4/c1-30-12-11-26-14-21(28)27-19(24(26)29)13-17-15-7-3-5-9-18(15)25-22(17)23(27)16-8-4-6-10-20(16)31-2/h3-10,19,23,25H,11-14H2,1-2H3/t19-,23?/m0/s1. The van der Waals surface area contributed by atoms with Gasteiger partial charge in [0.25, 0.3) is 0 Å². The Bertz CT molecular complexity index is 1150. The molecule has 1 N–H and O–H groups in total. The molecule has 3 aromatic rings. The number of fused-ring (bicyclic) bond motifs is 4. The van der Waals surface area contributed by atoms with Crippen LogP contribution < -0.4 is 4.74 Å². The summed E-state index contributed by atoms with van der Waals surface area (Å²) in [6.07, 6.45) is 0.485. The maximum Gasteiger partial charge on any atom is 0.246 e. The van der Waals surface area contributed by atoms with Gasteiger partial charge in [0.2, 0.25) is 11.8 Å². The lowest BCUT2D eigenvalue weighted by Crippen LogP contribution is -2.63. The molecule has 2 amide bonds. The highest BCUT2D eigenvalue weighted by Crippen LogP contribution is 2.44. The summed E-state index contributed by atoms with van der Waals surface area (Å²) in [5, 5.41) is 1.09. The van der Waals surface area contributed by atoms with Crippen LogP contribution in [0.2, 0.25) is 0 Å². The number of methoxy groups -OCH3 is 2. The first-order valence-corrected chi connectivity index (χ1v) is 10.4. The molecule has 0 spiro atoms. The highest BCUT2D eigenvalue weighted by atomic mass is 16.5. The molecule has 2 aliphatic rings. The van der Waals surface area contributed by atoms with E-state index in [1.807, 2.05) is 42.5 Å². The predicted octanol–water partition coefficient (Wildman–Crippen LogP) is 2.51. The van der Waals surface area contributed by atoms with Crippen molar-refractivity contribution in [3.05, 3.63) is 65.4 Å². The minimum atomic E-state index is -0.556. The van der Waals surface area contributed by atoms with Gasteiger partial charge in [-0.25, -0.2) is 0 Å². The van der Waals surface area contributed by atoms with Gasteiger partial charge in [0.05, 0.1) is 20.3 Å². The first kappa shape index (κ1) is 19.6. The van der Waals surface area contributed by atoms with Gasteiger partial charge in [-0.3, -0.25) is 9.59 Å². The van der Waals surface area contributed by atoms with Crippen molar-refractivity contribution in [3.63, 3.8) is 0 Å². The molecule has 2 aromatic carbocycles. The second-order valence-electron chi connectivity index (χ2n) is 7.98. The number of aromatic nitrogens is 1. The number of hydrogen-bond acceptors (Lipinski definition) is 4. The number of hydrogen-bond donors (Lipinski definition) is 1. The second-order valence-corrected chi connectivity index (χ2v) is 7.98. The highest BCUT2D eigenvalue weighted by Gasteiger charge is 2.48. The lowest BCUT2D eigenvalue weighted by Gasteiger charge is -2.47. The van der Waals surface area contributed by atoms with Crippen molar-refractivity contribution in [3.8, 4) is 5.75 Å². The Morgan fingerprint density at radius 2 is 1.84 bits per heavy atom. The van der Waals surface area contributed by atoms with E-state index < -0.39 is 12.1 Å². The van der Waals surface area contributed by atoms with E-state index in [0.717, 1.165) is 27.7 Å². The zero-order chi connectivity index (χ0) is 21.5. The molecule has 2 aliphatic heterocycles. The van der Waals surface area contributed by atoms with Crippen molar-refractivity contribution < 1.29 is 19.1 Å². The number of rotatable bonds is 5. The zero-order valence-corrected chi connectivity index (χ0v) is 17.6. The van der Waals surface area contributed by atoms with Crippen molar-refractivity contribution >= 4 is 22.7 Å². The zero-order valence-electron chi connectivity index (χ0n) is 17.6. The van der Waals surface area contributed by atoms with Crippen molar-refractivity contribution in [2.24, 2.45) is 0 Å². The third-order valence-corrected chi connectivity index (χ3v) is 6.34. The van der Waals surface area contributed by atoms with Crippen LogP contribution in [-0.4, -0.2) is 66.6 Å². The predicted molar refractivity (Wildman–Crippen MR) is 116 cm³/mol. The normalized spacial score (nSPS) is 20.7. The number of aromatic amines is 1. The number of nitrogens with zero attached hydrogens (tertiary/aromatic N) is 2. The second kappa shape index (κ2) is 7.74. The SMILES string of the molecule is COCCN1CC(=O)N2C(c3ccccc3OC)c3[nH]c4ccccc4c3C[C@H]2C1=O. The largest absolute Gasteiger partial charge is 0.496 e. The fourth-order valence-electron chi connectivity index (χ4n) is 4.93. The first-order chi connectivity index (χ1) is 15.1. The molecular formula is C24H25N3O4. The average Bonchev–Trinajstić information content (AvgIpc) is 3.17. The Morgan fingerprint density at radius 1 is 1.06 bits per heavy atom. The molecule has 5 rings (SSSR count). The minimum absolute atomic E-state index is 0.0347. The fraction of sp³-hybridized carbons (Fsp3) is 0.333. The van der Waals surface area contributed by atoms with E-state index in [9.17, 15) is 9.59 Å². The van der Waals surface area contributed by atoms with Crippen LogP contribution in [-0.2, 0) is 20.7 Å². The summed E-state index contributed by atoms with van der Waals surface area (Å²) in [4.78, 5) is 33.7. The quantitative estimate of drug-likeness (QED) is 0.690. The Morgan fingerprint density at radius 3 is 2.65 bits per heavy atom. The molecule has 1 unspecified atom stereocenters. The van der Waals surface area contributed by atoms with Crippen LogP contribution in [0.1, 0.15) is 22.9 Å². The lowest BCUT2D eigenvalue weighted by atomic mass is 9.86. The first-order valence-electron chi connectivity index (χ1n) is 10.4. The van der Waals surface area contributed by atoms with Gasteiger partial charge in [-0.05, 0) is 17.7 Å². The third-order valence-electron chi connectivity index (χ3n) is 6.34. The van der Waals surface area contributed by atoms with Gasteiger partial charge in [-0.1, -0.05) is 36.4 Å². The molecule has 0 aliphatic carbocycles. The van der Waals surface area contributed by atoms with Crippen LogP contribution in [0.5, 0.6) is 5.75 Å². The summed E-state index contributed by atoms with van der Waals surface area (Å²) in [6.45, 7) is 0.866. The topological polar surface area (TPSA) is 74.9 Å². The number of ether oxygens (including phenoxy) is 2. The number of carbonyl (C=O) groups is 2. The van der Waals surface area contributed by atoms with Crippen molar-refractivity contribution in [1.29, 1.82) is 0 Å². The van der Waals surface area contributed by atoms with Crippen LogP contribution in [0.25, 0.3) is 10.9 Å². The Hall–Kier alpha value is -3.32. The van der Waals surface area contributed by atoms with E-state index in [1.165, 1.54) is 0 Å². The average molecular weight is 419 g/mol. The minimum Gasteiger partial charge on any atom is -0.496 e. The summed E-state index contributed by atoms with van der Waals surface area (Å²) in [5.41, 5.74) is 3.91. The molecule has 0 radical (unpaired) electrons. The van der Waals surface area contributed by atoms with Gasteiger partial charge in [0.15, 0.2) is 0 Å². The van der Waals surface area contributed by atoms with Crippen LogP contribution in [0.3, 0.4) is 0 Å². The van der Waals surface area contributed by atoms with Crippen molar-refractivity contribution in [1.82, 2.24) is 14.8 Å². The van der Waals surface area contributed by atoms with Crippen molar-refractivity contribution in [2.75, 3.05) is 33.9 Å². The summed E-state index contributed by atoms with van der Waals surface area (Å²) in [6, 6.07) is 14.8. The summed E-state index contributed by atoms with van der Waals surface area (Å²) in [5.74, 6) is 0.591. The number of carbonyl (C=O) groups excluding carboxylic acids is 2. The molecule has 0 bridgehead atoms. The molecular weight excluding hydrogens is 394 g/mol. The molecule has 160 valence electrons. The number of para-hydroxylation sites is 2. The lowest BCUT2D eigenvalue weighted by molar-refractivity contribution is -0.159. The maximum atomic E-state index is 13.4. The Kier molecular flexibility index (Phi) is 4.90. The molecule has 3 heterocycles. The number of amides is 2. The Balaban J connectivity index is 1.69. The van der Waals surface area contributed by atoms with Gasteiger partial charge in [0.1, 0.15) is 17.8 Å². The molecule has 7 nitrogen and oxygen atoms in total. The molecule has 1 fully saturated rings. The summed E-state index contributed by atoms with van der Waals surface area (Å²) >= 11 is 0. The molecule has 1 aromatic heterocycles. The number of piperazine rings is 1. The molecule has 2 atom stereocenters. The number of H-pyrrole nitrogens is 1. The van der Waals surface area contributed by atoms with E-state index in [-0.39, 0.29) is 18.4 Å². The van der Waals surface area contributed by atoms with Gasteiger partial charge in [-0.15, -0.1) is 0 Å². The van der Waals surface area contributed by atoms with Crippen molar-refractivity contribution in [2.45, 2.75) is 18.5 Å². The summed E-state index contributed by atoms with van der Waals surface area (Å²) < 4.78 is 10.8. The molecule has 7 heteroatoms. The third kappa shape index (κ3) is 3.08. The highest BCUT2D eigenvalue weighted by molar-refractivity contribution is 5.97. The molecule has 0 saturated carbocycles. The maximum absolute atomic E-state index is 13.4. The monoisotopic (exact) mass is 419 g/mol. The van der Waals surface area contributed by atoms with E-state index >= 15 is 0 Å². The van der Waals surface area contributed by atoms with Crippen LogP contribution >= 0.6 is 0 Å². The van der Waals surface area contributed by atoms with Gasteiger partial charge in [0, 0.05) is 42.2 Å². The van der Waals surface area contributed by atoms with Crippen LogP contribution in [0.15, 0.2) is 48.5 Å². The molecule has 31 heavy (non-hydrogen) atoms. The van der Waals surface area contributed by atoms with Crippen LogP contribution in [0.4, 0.5) is 0 Å². The van der Waals surface area contributed by atoms with E-state index in [4.69, 9.17) is 9.47 Å². The smallest absolute Gasteiger partial charge is 0.246 e. The fourth-order valence-corrected chi connectivity index (χ4v) is 4.93. The molecule has 1 saturated heterocycles. The Labute approximate surface area is 180 Å². The van der Waals surface area contributed by atoms with Gasteiger partial charge >= 0.3 is 0 Å². The number of nitrogens with one attached hydrogen (secondary N) is 1. The van der Waals surface area contributed by atoms with Crippen LogP contribution in [0, 0.1) is 0 Å². The number of benzene rings is 2. The summed E-state index contributed by atoms with van der Waals surface area (Å²) in [7, 11) is 3.22. The van der Waals surface area contributed by atoms with Gasteiger partial charge < -0.3 is 24.3 Å². The van der Waals surface area contributed by atoms with E-state index in [2.05, 4.69) is 11.1 Å². The van der Waals surface area contributed by atoms with E-state index in [1.54, 1.807) is 24.0 Å².